The van der Waals surface area contributed by atoms with Gasteiger partial charge in [0.25, 0.3) is 0 Å². The van der Waals surface area contributed by atoms with Crippen molar-refractivity contribution < 1.29 is 28.6 Å². The van der Waals surface area contributed by atoms with E-state index in [4.69, 9.17) is 14.2 Å². The lowest BCUT2D eigenvalue weighted by atomic mass is 10.1. The van der Waals surface area contributed by atoms with Gasteiger partial charge in [0.2, 0.25) is 0 Å². The topological polar surface area (TPSA) is 82.1 Å². The van der Waals surface area contributed by atoms with E-state index in [1.165, 1.54) is 18.9 Å². The molecule has 7 heteroatoms. The maximum Gasteiger partial charge on any atom is 0.410 e. The summed E-state index contributed by atoms with van der Waals surface area (Å²) in [5.74, 6) is -1.25. The van der Waals surface area contributed by atoms with Crippen molar-refractivity contribution >= 4 is 18.0 Å². The van der Waals surface area contributed by atoms with Crippen LogP contribution in [0.4, 0.5) is 4.79 Å². The normalized spacial score (nSPS) is 15.9. The number of amides is 1. The lowest BCUT2D eigenvalue weighted by molar-refractivity contribution is -0.170. The van der Waals surface area contributed by atoms with Crippen molar-refractivity contribution in [2.75, 3.05) is 7.05 Å². The number of rotatable bonds is 7. The highest BCUT2D eigenvalue weighted by molar-refractivity contribution is 5.85. The van der Waals surface area contributed by atoms with Crippen molar-refractivity contribution in [2.45, 2.75) is 64.9 Å². The smallest absolute Gasteiger partial charge is 0.410 e. The van der Waals surface area contributed by atoms with Gasteiger partial charge in [0.15, 0.2) is 6.10 Å². The van der Waals surface area contributed by atoms with Crippen molar-refractivity contribution in [3.8, 4) is 0 Å². The number of nitrogens with zero attached hydrogens (tertiary/aromatic N) is 1. The molecule has 0 heterocycles. The van der Waals surface area contributed by atoms with Crippen LogP contribution in [0.15, 0.2) is 30.3 Å². The molecule has 28 heavy (non-hydrogen) atoms. The Hall–Kier alpha value is -2.57. The summed E-state index contributed by atoms with van der Waals surface area (Å²) < 4.78 is 15.8. The fourth-order valence-corrected chi connectivity index (χ4v) is 2.66. The predicted molar refractivity (Wildman–Crippen MR) is 102 cm³/mol. The Labute approximate surface area is 165 Å². The van der Waals surface area contributed by atoms with E-state index in [0.29, 0.717) is 0 Å². The average molecular weight is 391 g/mol. The molecule has 0 aromatic heterocycles. The van der Waals surface area contributed by atoms with Gasteiger partial charge in [-0.05, 0) is 52.0 Å². The summed E-state index contributed by atoms with van der Waals surface area (Å²) in [6, 6.07) is 8.46. The molecule has 1 aromatic rings. The van der Waals surface area contributed by atoms with E-state index in [0.717, 1.165) is 18.4 Å². The molecule has 1 fully saturated rings. The van der Waals surface area contributed by atoms with Crippen LogP contribution in [-0.4, -0.2) is 47.7 Å². The lowest BCUT2D eigenvalue weighted by Gasteiger charge is -2.30. The first-order valence-corrected chi connectivity index (χ1v) is 9.45. The number of hydrogen-bond donors (Lipinski definition) is 0. The van der Waals surface area contributed by atoms with Crippen LogP contribution in [0, 0.1) is 5.92 Å². The maximum atomic E-state index is 12.6. The fourth-order valence-electron chi connectivity index (χ4n) is 2.66. The summed E-state index contributed by atoms with van der Waals surface area (Å²) >= 11 is 0. The van der Waals surface area contributed by atoms with Gasteiger partial charge in [-0.1, -0.05) is 30.3 Å². The molecule has 0 spiro atoms. The van der Waals surface area contributed by atoms with Crippen molar-refractivity contribution in [1.82, 2.24) is 4.90 Å². The van der Waals surface area contributed by atoms with Gasteiger partial charge in [0.05, 0.1) is 0 Å². The van der Waals surface area contributed by atoms with E-state index in [2.05, 4.69) is 0 Å². The monoisotopic (exact) mass is 391 g/mol. The van der Waals surface area contributed by atoms with Crippen molar-refractivity contribution in [3.05, 3.63) is 35.9 Å². The van der Waals surface area contributed by atoms with Gasteiger partial charge in [-0.15, -0.1) is 0 Å². The number of hydrogen-bond acceptors (Lipinski definition) is 6. The lowest BCUT2D eigenvalue weighted by Crippen LogP contribution is -2.48. The molecule has 1 saturated carbocycles. The molecule has 1 amide bonds. The zero-order valence-electron chi connectivity index (χ0n) is 17.1. The van der Waals surface area contributed by atoms with Crippen molar-refractivity contribution in [2.24, 2.45) is 5.92 Å². The molecule has 1 aliphatic carbocycles. The Kier molecular flexibility index (Phi) is 7.05. The summed E-state index contributed by atoms with van der Waals surface area (Å²) in [6.45, 7) is 6.84. The molecular formula is C21H29NO6. The Morgan fingerprint density at radius 2 is 1.71 bits per heavy atom. The van der Waals surface area contributed by atoms with Crippen LogP contribution in [0.25, 0.3) is 0 Å². The van der Waals surface area contributed by atoms with Gasteiger partial charge >= 0.3 is 18.0 Å². The predicted octanol–water partition coefficient (Wildman–Crippen LogP) is 3.31. The SMILES string of the molecule is C[C@@H](OC(=O)[C@H](C1CC1)N(C)C(=O)OC(C)(C)C)C(=O)OCc1ccccc1. The Morgan fingerprint density at radius 3 is 2.25 bits per heavy atom. The average Bonchev–Trinajstić information content (AvgIpc) is 3.44. The molecule has 0 saturated heterocycles. The molecule has 1 aliphatic rings. The molecule has 0 N–H and O–H groups in total. The summed E-state index contributed by atoms with van der Waals surface area (Å²) in [5.41, 5.74) is 0.174. The highest BCUT2D eigenvalue weighted by atomic mass is 16.6. The molecule has 0 radical (unpaired) electrons. The molecule has 0 aliphatic heterocycles. The van der Waals surface area contributed by atoms with Crippen molar-refractivity contribution in [1.29, 1.82) is 0 Å². The van der Waals surface area contributed by atoms with E-state index in [-0.39, 0.29) is 12.5 Å². The second-order valence-electron chi connectivity index (χ2n) is 8.05. The minimum absolute atomic E-state index is 0.0116. The minimum atomic E-state index is -1.07. The Balaban J connectivity index is 1.92. The molecule has 154 valence electrons. The molecule has 2 atom stereocenters. The number of carbonyl (C=O) groups excluding carboxylic acids is 3. The summed E-state index contributed by atoms with van der Waals surface area (Å²) in [6.07, 6.45) is -0.0235. The molecule has 0 bridgehead atoms. The summed E-state index contributed by atoms with van der Waals surface area (Å²) in [5, 5.41) is 0. The first-order chi connectivity index (χ1) is 13.1. The molecular weight excluding hydrogens is 362 g/mol. The first kappa shape index (κ1) is 21.7. The molecule has 1 aromatic carbocycles. The van der Waals surface area contributed by atoms with E-state index >= 15 is 0 Å². The zero-order valence-corrected chi connectivity index (χ0v) is 17.1. The number of benzene rings is 1. The standard InChI is InChI=1S/C21H29NO6/c1-14(18(23)26-13-15-9-7-6-8-10-15)27-19(24)17(16-11-12-16)22(5)20(25)28-21(2,3)4/h6-10,14,16-17H,11-13H2,1-5H3/t14-,17+/m1/s1. The quantitative estimate of drug-likeness (QED) is 0.524. The first-order valence-electron chi connectivity index (χ1n) is 9.45. The van der Waals surface area contributed by atoms with E-state index in [1.54, 1.807) is 20.8 Å². The van der Waals surface area contributed by atoms with Crippen molar-refractivity contribution in [3.63, 3.8) is 0 Å². The van der Waals surface area contributed by atoms with Crippen LogP contribution in [-0.2, 0) is 30.4 Å². The number of esters is 2. The third kappa shape index (κ3) is 6.55. The minimum Gasteiger partial charge on any atom is -0.458 e. The largest absolute Gasteiger partial charge is 0.458 e. The van der Waals surface area contributed by atoms with Crippen LogP contribution < -0.4 is 0 Å². The van der Waals surface area contributed by atoms with Crippen LogP contribution >= 0.6 is 0 Å². The molecule has 7 nitrogen and oxygen atoms in total. The van der Waals surface area contributed by atoms with Gasteiger partial charge in [0, 0.05) is 7.05 Å². The molecule has 0 unspecified atom stereocenters. The van der Waals surface area contributed by atoms with Gasteiger partial charge in [-0.2, -0.15) is 0 Å². The number of ether oxygens (including phenoxy) is 3. The highest BCUT2D eigenvalue weighted by Crippen LogP contribution is 2.36. The summed E-state index contributed by atoms with van der Waals surface area (Å²) in [7, 11) is 1.51. The number of likely N-dealkylation sites (N-methyl/N-ethyl adjacent to an activating group) is 1. The Morgan fingerprint density at radius 1 is 1.11 bits per heavy atom. The van der Waals surface area contributed by atoms with Crippen LogP contribution in [0.2, 0.25) is 0 Å². The zero-order chi connectivity index (χ0) is 20.9. The van der Waals surface area contributed by atoms with Gasteiger partial charge < -0.3 is 14.2 Å². The van der Waals surface area contributed by atoms with Crippen LogP contribution in [0.5, 0.6) is 0 Å². The third-order valence-electron chi connectivity index (χ3n) is 4.26. The number of carbonyl (C=O) groups is 3. The Bertz CT molecular complexity index is 693. The fraction of sp³-hybridized carbons (Fsp3) is 0.571. The van der Waals surface area contributed by atoms with E-state index < -0.39 is 35.8 Å². The highest BCUT2D eigenvalue weighted by Gasteiger charge is 2.43. The van der Waals surface area contributed by atoms with E-state index in [1.807, 2.05) is 30.3 Å². The van der Waals surface area contributed by atoms with Crippen LogP contribution in [0.1, 0.15) is 46.1 Å². The second-order valence-corrected chi connectivity index (χ2v) is 8.05. The van der Waals surface area contributed by atoms with Crippen LogP contribution in [0.3, 0.4) is 0 Å². The second kappa shape index (κ2) is 9.08. The van der Waals surface area contributed by atoms with Gasteiger partial charge in [0.1, 0.15) is 18.2 Å². The van der Waals surface area contributed by atoms with E-state index in [9.17, 15) is 14.4 Å². The third-order valence-corrected chi connectivity index (χ3v) is 4.26. The summed E-state index contributed by atoms with van der Waals surface area (Å²) in [4.78, 5) is 38.4. The van der Waals surface area contributed by atoms with Gasteiger partial charge in [-0.25, -0.2) is 14.4 Å². The van der Waals surface area contributed by atoms with Gasteiger partial charge in [-0.3, -0.25) is 4.90 Å². The maximum absolute atomic E-state index is 12.6. The molecule has 2 rings (SSSR count).